The molecule has 0 saturated carbocycles. The normalized spacial score (nSPS) is 11.1. The summed E-state index contributed by atoms with van der Waals surface area (Å²) in [4.78, 5) is 3.99. The zero-order valence-electron chi connectivity index (χ0n) is 8.92. The van der Waals surface area contributed by atoms with Crippen LogP contribution in [-0.4, -0.2) is 15.2 Å². The number of halogens is 3. The van der Waals surface area contributed by atoms with Crippen molar-refractivity contribution in [1.82, 2.24) is 15.2 Å². The first-order chi connectivity index (χ1) is 8.65. The molecule has 0 aliphatic carbocycles. The van der Waals surface area contributed by atoms with E-state index in [2.05, 4.69) is 31.1 Å². The summed E-state index contributed by atoms with van der Waals surface area (Å²) in [7, 11) is 0. The van der Waals surface area contributed by atoms with Crippen LogP contribution in [0.2, 0.25) is 5.15 Å². The highest BCUT2D eigenvalue weighted by atomic mass is 79.9. The molecular weight excluding hydrogens is 321 g/mol. The number of rotatable bonds is 1. The number of aromatic nitrogens is 3. The van der Waals surface area contributed by atoms with Crippen molar-refractivity contribution in [3.63, 3.8) is 0 Å². The standard InChI is InChI=1S/C12H6BrClFN3/c13-8-4-10-7(3-9(8)15)12(18-17-10)6-1-2-11(14)16-5-6/h1-5H,(H,17,18). The molecule has 2 heterocycles. The van der Waals surface area contributed by atoms with Gasteiger partial charge in [0.05, 0.1) is 9.99 Å². The molecule has 18 heavy (non-hydrogen) atoms. The summed E-state index contributed by atoms with van der Waals surface area (Å²) in [6, 6.07) is 6.56. The molecule has 0 atom stereocenters. The summed E-state index contributed by atoms with van der Waals surface area (Å²) < 4.78 is 14.0. The fourth-order valence-electron chi connectivity index (χ4n) is 1.75. The van der Waals surface area contributed by atoms with Gasteiger partial charge in [0.25, 0.3) is 0 Å². The molecule has 0 aliphatic rings. The van der Waals surface area contributed by atoms with Gasteiger partial charge in [0, 0.05) is 17.1 Å². The Bertz CT molecular complexity index is 724. The first kappa shape index (κ1) is 11.6. The van der Waals surface area contributed by atoms with Crippen molar-refractivity contribution >= 4 is 38.4 Å². The van der Waals surface area contributed by atoms with Crippen LogP contribution in [0.25, 0.3) is 22.2 Å². The van der Waals surface area contributed by atoms with Crippen molar-refractivity contribution in [3.05, 3.63) is 45.9 Å². The second-order valence-corrected chi connectivity index (χ2v) is 5.00. The van der Waals surface area contributed by atoms with Crippen LogP contribution in [0.1, 0.15) is 0 Å². The van der Waals surface area contributed by atoms with Gasteiger partial charge in [-0.3, -0.25) is 5.10 Å². The van der Waals surface area contributed by atoms with Gasteiger partial charge in [-0.2, -0.15) is 5.10 Å². The molecule has 90 valence electrons. The molecular formula is C12H6BrClFN3. The minimum absolute atomic E-state index is 0.327. The van der Waals surface area contributed by atoms with Crippen LogP contribution in [0.4, 0.5) is 4.39 Å². The van der Waals surface area contributed by atoms with Gasteiger partial charge in [0.2, 0.25) is 0 Å². The monoisotopic (exact) mass is 325 g/mol. The molecule has 0 aliphatic heterocycles. The highest BCUT2D eigenvalue weighted by Crippen LogP contribution is 2.29. The Morgan fingerprint density at radius 1 is 1.28 bits per heavy atom. The van der Waals surface area contributed by atoms with Crippen LogP contribution < -0.4 is 0 Å². The Morgan fingerprint density at radius 3 is 2.83 bits per heavy atom. The molecule has 0 radical (unpaired) electrons. The van der Waals surface area contributed by atoms with Gasteiger partial charge in [-0.25, -0.2) is 9.37 Å². The van der Waals surface area contributed by atoms with Gasteiger partial charge in [0.1, 0.15) is 16.7 Å². The minimum atomic E-state index is -0.327. The predicted molar refractivity (Wildman–Crippen MR) is 72.0 cm³/mol. The predicted octanol–water partition coefficient (Wildman–Crippen LogP) is 4.18. The van der Waals surface area contributed by atoms with Crippen molar-refractivity contribution < 1.29 is 4.39 Å². The number of hydrogen-bond donors (Lipinski definition) is 1. The van der Waals surface area contributed by atoms with E-state index >= 15 is 0 Å². The fourth-order valence-corrected chi connectivity index (χ4v) is 2.20. The zero-order chi connectivity index (χ0) is 12.7. The summed E-state index contributed by atoms with van der Waals surface area (Å²) in [5.74, 6) is -0.327. The van der Waals surface area contributed by atoms with E-state index < -0.39 is 0 Å². The Hall–Kier alpha value is -1.46. The van der Waals surface area contributed by atoms with Crippen LogP contribution in [-0.2, 0) is 0 Å². The second kappa shape index (κ2) is 4.33. The van der Waals surface area contributed by atoms with Crippen LogP contribution in [0, 0.1) is 5.82 Å². The Kier molecular flexibility index (Phi) is 2.80. The Morgan fingerprint density at radius 2 is 2.11 bits per heavy atom. The van der Waals surface area contributed by atoms with E-state index in [1.165, 1.54) is 6.07 Å². The summed E-state index contributed by atoms with van der Waals surface area (Å²) in [5, 5.41) is 8.16. The van der Waals surface area contributed by atoms with Crippen LogP contribution in [0.15, 0.2) is 34.9 Å². The van der Waals surface area contributed by atoms with Crippen molar-refractivity contribution in [2.24, 2.45) is 0 Å². The fraction of sp³-hybridized carbons (Fsp3) is 0. The van der Waals surface area contributed by atoms with E-state index in [-0.39, 0.29) is 5.82 Å². The molecule has 2 aromatic heterocycles. The van der Waals surface area contributed by atoms with E-state index in [1.54, 1.807) is 24.4 Å². The highest BCUT2D eigenvalue weighted by Gasteiger charge is 2.11. The molecule has 0 amide bonds. The lowest BCUT2D eigenvalue weighted by molar-refractivity contribution is 0.623. The molecule has 3 rings (SSSR count). The summed E-state index contributed by atoms with van der Waals surface area (Å²) >= 11 is 8.87. The zero-order valence-corrected chi connectivity index (χ0v) is 11.3. The molecule has 1 aromatic carbocycles. The summed E-state index contributed by atoms with van der Waals surface area (Å²) in [5.41, 5.74) is 2.20. The van der Waals surface area contributed by atoms with Crippen molar-refractivity contribution in [2.75, 3.05) is 0 Å². The van der Waals surface area contributed by atoms with Gasteiger partial charge >= 0.3 is 0 Å². The van der Waals surface area contributed by atoms with Crippen LogP contribution >= 0.6 is 27.5 Å². The number of nitrogens with one attached hydrogen (secondary N) is 1. The van der Waals surface area contributed by atoms with E-state index in [4.69, 9.17) is 11.6 Å². The van der Waals surface area contributed by atoms with E-state index in [9.17, 15) is 4.39 Å². The van der Waals surface area contributed by atoms with Gasteiger partial charge in [0.15, 0.2) is 0 Å². The lowest BCUT2D eigenvalue weighted by atomic mass is 10.1. The first-order valence-electron chi connectivity index (χ1n) is 5.10. The lowest BCUT2D eigenvalue weighted by Crippen LogP contribution is -1.82. The van der Waals surface area contributed by atoms with Crippen molar-refractivity contribution in [3.8, 4) is 11.3 Å². The topological polar surface area (TPSA) is 41.6 Å². The molecule has 0 spiro atoms. The maximum atomic E-state index is 13.6. The summed E-state index contributed by atoms with van der Waals surface area (Å²) in [6.07, 6.45) is 1.61. The number of nitrogens with zero attached hydrogens (tertiary/aromatic N) is 2. The Balaban J connectivity index is 2.23. The highest BCUT2D eigenvalue weighted by molar-refractivity contribution is 9.10. The van der Waals surface area contributed by atoms with E-state index in [0.717, 1.165) is 11.1 Å². The molecule has 3 aromatic rings. The molecule has 0 unspecified atom stereocenters. The third-order valence-electron chi connectivity index (χ3n) is 2.60. The largest absolute Gasteiger partial charge is 0.277 e. The summed E-state index contributed by atoms with van der Waals surface area (Å²) in [6.45, 7) is 0. The number of benzene rings is 1. The number of aromatic amines is 1. The average molecular weight is 327 g/mol. The average Bonchev–Trinajstić information content (AvgIpc) is 2.74. The van der Waals surface area contributed by atoms with Crippen molar-refractivity contribution in [2.45, 2.75) is 0 Å². The maximum Gasteiger partial charge on any atom is 0.138 e. The van der Waals surface area contributed by atoms with Crippen LogP contribution in [0.5, 0.6) is 0 Å². The lowest BCUT2D eigenvalue weighted by Gasteiger charge is -1.98. The molecule has 3 nitrogen and oxygen atoms in total. The van der Waals surface area contributed by atoms with E-state index in [1.807, 2.05) is 0 Å². The van der Waals surface area contributed by atoms with Crippen molar-refractivity contribution in [1.29, 1.82) is 0 Å². The maximum absolute atomic E-state index is 13.6. The number of H-pyrrole nitrogens is 1. The Labute approximate surface area is 115 Å². The third kappa shape index (κ3) is 1.89. The van der Waals surface area contributed by atoms with Gasteiger partial charge in [-0.15, -0.1) is 0 Å². The van der Waals surface area contributed by atoms with Gasteiger partial charge < -0.3 is 0 Å². The van der Waals surface area contributed by atoms with Gasteiger partial charge in [-0.05, 0) is 40.2 Å². The number of pyridine rings is 1. The molecule has 0 bridgehead atoms. The SMILES string of the molecule is Fc1cc2c(-c3ccc(Cl)nc3)n[nH]c2cc1Br. The quantitative estimate of drug-likeness (QED) is 0.682. The van der Waals surface area contributed by atoms with Crippen LogP contribution in [0.3, 0.4) is 0 Å². The smallest absolute Gasteiger partial charge is 0.138 e. The third-order valence-corrected chi connectivity index (χ3v) is 3.44. The molecule has 0 fully saturated rings. The number of fused-ring (bicyclic) bond motifs is 1. The second-order valence-electron chi connectivity index (χ2n) is 3.75. The molecule has 0 saturated heterocycles. The van der Waals surface area contributed by atoms with Gasteiger partial charge in [-0.1, -0.05) is 11.6 Å². The molecule has 6 heteroatoms. The molecule has 1 N–H and O–H groups in total. The minimum Gasteiger partial charge on any atom is -0.277 e. The van der Waals surface area contributed by atoms with E-state index in [0.29, 0.717) is 20.7 Å². The number of hydrogen-bond acceptors (Lipinski definition) is 2. The first-order valence-corrected chi connectivity index (χ1v) is 6.27.